The zero-order valence-corrected chi connectivity index (χ0v) is 13.5. The Labute approximate surface area is 125 Å². The van der Waals surface area contributed by atoms with Gasteiger partial charge in [0.05, 0.1) is 12.6 Å². The third-order valence-corrected chi connectivity index (χ3v) is 4.42. The lowest BCUT2D eigenvalue weighted by molar-refractivity contribution is -0.124. The van der Waals surface area contributed by atoms with E-state index in [2.05, 4.69) is 22.4 Å². The predicted octanol–water partition coefficient (Wildman–Crippen LogP) is 2.62. The van der Waals surface area contributed by atoms with E-state index >= 15 is 0 Å². The fourth-order valence-electron chi connectivity index (χ4n) is 1.74. The van der Waals surface area contributed by atoms with E-state index in [1.807, 2.05) is 32.2 Å². The molecule has 1 atom stereocenters. The van der Waals surface area contributed by atoms with Crippen LogP contribution in [0.5, 0.6) is 0 Å². The van der Waals surface area contributed by atoms with Gasteiger partial charge in [0.2, 0.25) is 5.91 Å². The molecule has 0 bridgehead atoms. The number of rotatable bonds is 7. The average Bonchev–Trinajstić information content (AvgIpc) is 2.90. The van der Waals surface area contributed by atoms with E-state index in [1.54, 1.807) is 18.3 Å². The smallest absolute Gasteiger partial charge is 0.235 e. The van der Waals surface area contributed by atoms with Crippen LogP contribution in [-0.4, -0.2) is 29.4 Å². The van der Waals surface area contributed by atoms with Crippen LogP contribution in [0.4, 0.5) is 0 Å². The number of carbonyl (C=O) groups excluding carboxylic acids is 1. The zero-order chi connectivity index (χ0) is 15.2. The first kappa shape index (κ1) is 16.7. The number of nitrogens with zero attached hydrogens (tertiary/aromatic N) is 2. The minimum atomic E-state index is -0.806. The van der Waals surface area contributed by atoms with Crippen molar-refractivity contribution < 1.29 is 4.79 Å². The lowest BCUT2D eigenvalue weighted by Crippen LogP contribution is -2.51. The molecule has 0 aromatic carbocycles. The molecule has 0 aliphatic carbocycles. The fourth-order valence-corrected chi connectivity index (χ4v) is 2.48. The van der Waals surface area contributed by atoms with Crippen molar-refractivity contribution in [1.29, 1.82) is 5.26 Å². The molecule has 0 aliphatic rings. The number of carbonyl (C=O) groups is 1. The van der Waals surface area contributed by atoms with Gasteiger partial charge in [-0.3, -0.25) is 9.69 Å². The molecule has 110 valence electrons. The molecule has 1 aromatic rings. The molecule has 4 nitrogen and oxygen atoms in total. The molecule has 20 heavy (non-hydrogen) atoms. The molecule has 0 saturated heterocycles. The van der Waals surface area contributed by atoms with Crippen LogP contribution in [-0.2, 0) is 11.3 Å². The van der Waals surface area contributed by atoms with Crippen LogP contribution < -0.4 is 5.32 Å². The van der Waals surface area contributed by atoms with E-state index in [0.717, 1.165) is 13.1 Å². The van der Waals surface area contributed by atoms with Gasteiger partial charge in [-0.1, -0.05) is 26.8 Å². The number of nitrogens with one attached hydrogen (secondary N) is 1. The van der Waals surface area contributed by atoms with Crippen molar-refractivity contribution in [2.45, 2.75) is 39.8 Å². The van der Waals surface area contributed by atoms with Crippen LogP contribution in [0, 0.1) is 17.2 Å². The van der Waals surface area contributed by atoms with Gasteiger partial charge in [-0.15, -0.1) is 11.3 Å². The van der Waals surface area contributed by atoms with Crippen LogP contribution in [0.15, 0.2) is 17.5 Å². The van der Waals surface area contributed by atoms with Crippen molar-refractivity contribution in [1.82, 2.24) is 10.2 Å². The number of amides is 1. The Morgan fingerprint density at radius 1 is 1.60 bits per heavy atom. The summed E-state index contributed by atoms with van der Waals surface area (Å²) in [6.45, 7) is 9.57. The van der Waals surface area contributed by atoms with Gasteiger partial charge in [-0.2, -0.15) is 5.26 Å². The lowest BCUT2D eigenvalue weighted by atomic mass is 9.90. The summed E-state index contributed by atoms with van der Waals surface area (Å²) in [4.78, 5) is 15.4. The largest absolute Gasteiger partial charge is 0.337 e. The fraction of sp³-hybridized carbons (Fsp3) is 0.600. The molecular weight excluding hydrogens is 270 g/mol. The molecule has 1 N–H and O–H groups in total. The molecule has 1 heterocycles. The molecule has 0 aliphatic heterocycles. The van der Waals surface area contributed by atoms with Crippen LogP contribution in [0.3, 0.4) is 0 Å². The van der Waals surface area contributed by atoms with E-state index < -0.39 is 5.54 Å². The third-order valence-electron chi connectivity index (χ3n) is 3.56. The first-order chi connectivity index (χ1) is 9.41. The van der Waals surface area contributed by atoms with Gasteiger partial charge in [0, 0.05) is 11.4 Å². The van der Waals surface area contributed by atoms with Crippen molar-refractivity contribution in [2.24, 2.45) is 5.92 Å². The Morgan fingerprint density at radius 2 is 2.30 bits per heavy atom. The standard InChI is InChI=1S/C15H23N3OS/c1-5-18(9-13-7-6-8-20-13)10-14(19)17-15(4,11-16)12(2)3/h6-8,12H,5,9-10H2,1-4H3,(H,17,19). The number of hydrogen-bond acceptors (Lipinski definition) is 4. The van der Waals surface area contributed by atoms with Gasteiger partial charge in [-0.05, 0) is 30.8 Å². The number of hydrogen-bond donors (Lipinski definition) is 1. The van der Waals surface area contributed by atoms with Gasteiger partial charge in [0.15, 0.2) is 0 Å². The van der Waals surface area contributed by atoms with E-state index in [-0.39, 0.29) is 11.8 Å². The number of thiophene rings is 1. The topological polar surface area (TPSA) is 56.1 Å². The van der Waals surface area contributed by atoms with E-state index in [9.17, 15) is 10.1 Å². The summed E-state index contributed by atoms with van der Waals surface area (Å²) in [6.07, 6.45) is 0. The van der Waals surface area contributed by atoms with Gasteiger partial charge in [0.1, 0.15) is 5.54 Å². The Hall–Kier alpha value is -1.38. The van der Waals surface area contributed by atoms with E-state index in [0.29, 0.717) is 6.54 Å². The highest BCUT2D eigenvalue weighted by molar-refractivity contribution is 7.09. The van der Waals surface area contributed by atoms with Crippen LogP contribution >= 0.6 is 11.3 Å². The molecule has 0 fully saturated rings. The maximum Gasteiger partial charge on any atom is 0.235 e. The summed E-state index contributed by atoms with van der Waals surface area (Å²) in [5.41, 5.74) is -0.806. The second-order valence-corrected chi connectivity index (χ2v) is 6.43. The second kappa shape index (κ2) is 7.41. The van der Waals surface area contributed by atoms with Crippen LogP contribution in [0.1, 0.15) is 32.6 Å². The Kier molecular flexibility index (Phi) is 6.18. The van der Waals surface area contributed by atoms with E-state index in [4.69, 9.17) is 0 Å². The van der Waals surface area contributed by atoms with Gasteiger partial charge < -0.3 is 5.32 Å². The molecular formula is C15H23N3OS. The summed E-state index contributed by atoms with van der Waals surface area (Å²) in [5, 5.41) is 14.1. The van der Waals surface area contributed by atoms with Crippen molar-refractivity contribution in [3.63, 3.8) is 0 Å². The molecule has 1 aromatic heterocycles. The van der Waals surface area contributed by atoms with Crippen LogP contribution in [0.25, 0.3) is 0 Å². The highest BCUT2D eigenvalue weighted by Gasteiger charge is 2.30. The maximum absolute atomic E-state index is 12.1. The molecule has 1 amide bonds. The molecule has 0 radical (unpaired) electrons. The van der Waals surface area contributed by atoms with Gasteiger partial charge >= 0.3 is 0 Å². The molecule has 5 heteroatoms. The lowest BCUT2D eigenvalue weighted by Gasteiger charge is -2.29. The summed E-state index contributed by atoms with van der Waals surface area (Å²) >= 11 is 1.69. The minimum Gasteiger partial charge on any atom is -0.337 e. The second-order valence-electron chi connectivity index (χ2n) is 5.40. The number of likely N-dealkylation sites (N-methyl/N-ethyl adjacent to an activating group) is 1. The molecule has 1 rings (SSSR count). The molecule has 1 unspecified atom stereocenters. The quantitative estimate of drug-likeness (QED) is 0.841. The highest BCUT2D eigenvalue weighted by Crippen LogP contribution is 2.15. The summed E-state index contributed by atoms with van der Waals surface area (Å²) in [6, 6.07) is 6.28. The van der Waals surface area contributed by atoms with Crippen molar-refractivity contribution >= 4 is 17.2 Å². The summed E-state index contributed by atoms with van der Waals surface area (Å²) in [5.74, 6) is -0.0232. The third kappa shape index (κ3) is 4.62. The van der Waals surface area contributed by atoms with Gasteiger partial charge in [0.25, 0.3) is 0 Å². The van der Waals surface area contributed by atoms with Gasteiger partial charge in [-0.25, -0.2) is 0 Å². The maximum atomic E-state index is 12.1. The Bertz CT molecular complexity index is 464. The average molecular weight is 293 g/mol. The normalized spacial score (nSPS) is 14.1. The predicted molar refractivity (Wildman–Crippen MR) is 82.3 cm³/mol. The first-order valence-corrected chi connectivity index (χ1v) is 7.76. The van der Waals surface area contributed by atoms with Crippen molar-refractivity contribution in [3.8, 4) is 6.07 Å². The van der Waals surface area contributed by atoms with E-state index in [1.165, 1.54) is 4.88 Å². The summed E-state index contributed by atoms with van der Waals surface area (Å²) in [7, 11) is 0. The minimum absolute atomic E-state index is 0.0730. The highest BCUT2D eigenvalue weighted by atomic mass is 32.1. The van der Waals surface area contributed by atoms with Crippen molar-refractivity contribution in [3.05, 3.63) is 22.4 Å². The first-order valence-electron chi connectivity index (χ1n) is 6.88. The van der Waals surface area contributed by atoms with Crippen LogP contribution in [0.2, 0.25) is 0 Å². The SMILES string of the molecule is CCN(CC(=O)NC(C)(C#N)C(C)C)Cc1cccs1. The van der Waals surface area contributed by atoms with Crippen molar-refractivity contribution in [2.75, 3.05) is 13.1 Å². The molecule has 0 saturated carbocycles. The summed E-state index contributed by atoms with van der Waals surface area (Å²) < 4.78 is 0. The Morgan fingerprint density at radius 3 is 2.75 bits per heavy atom. The zero-order valence-electron chi connectivity index (χ0n) is 12.6. The Balaban J connectivity index is 2.57. The monoisotopic (exact) mass is 293 g/mol. The number of nitriles is 1. The molecule has 0 spiro atoms.